The Bertz CT molecular complexity index is 298. The zero-order chi connectivity index (χ0) is 15.4. The van der Waals surface area contributed by atoms with Gasteiger partial charge in [0.25, 0.3) is 0 Å². The summed E-state index contributed by atoms with van der Waals surface area (Å²) in [5, 5.41) is 9.05. The van der Waals surface area contributed by atoms with Gasteiger partial charge in [-0.1, -0.05) is 19.8 Å². The molecule has 0 aliphatic heterocycles. The summed E-state index contributed by atoms with van der Waals surface area (Å²) in [6.07, 6.45) is 3.15. The fraction of sp³-hybridized carbons (Fsp3) is 0.857. The maximum Gasteiger partial charge on any atom is 0.407 e. The first-order valence-corrected chi connectivity index (χ1v) is 7.30. The molecule has 0 aromatic heterocycles. The molecule has 0 aromatic carbocycles. The molecule has 118 valence electrons. The summed E-state index contributed by atoms with van der Waals surface area (Å²) in [5.41, 5.74) is -0.464. The Labute approximate surface area is 122 Å². The standard InChI is InChI=1S/C14H30N4O2/c1-6-7-8-9-16-12(15-5)17-10-11-18-13(19)20-14(2,3)4/h6-11H2,1-5H3,(H,18,19)(H2,15,16,17). The number of amides is 1. The Hall–Kier alpha value is -1.46. The molecule has 0 fully saturated rings. The Kier molecular flexibility index (Phi) is 9.59. The number of aliphatic imine (C=N–C) groups is 1. The van der Waals surface area contributed by atoms with Crippen LogP contribution in [-0.4, -0.2) is 44.3 Å². The summed E-state index contributed by atoms with van der Waals surface area (Å²) in [6, 6.07) is 0. The Morgan fingerprint density at radius 1 is 1.05 bits per heavy atom. The first kappa shape index (κ1) is 18.5. The molecule has 1 amide bonds. The normalized spacial score (nSPS) is 11.9. The number of unbranched alkanes of at least 4 members (excludes halogenated alkanes) is 2. The molecule has 0 radical (unpaired) electrons. The third kappa shape index (κ3) is 11.6. The minimum atomic E-state index is -0.464. The summed E-state index contributed by atoms with van der Waals surface area (Å²) in [7, 11) is 1.73. The second-order valence-corrected chi connectivity index (χ2v) is 5.56. The third-order valence-electron chi connectivity index (χ3n) is 2.38. The van der Waals surface area contributed by atoms with Crippen LogP contribution >= 0.6 is 0 Å². The number of carbonyl (C=O) groups excluding carboxylic acids is 1. The van der Waals surface area contributed by atoms with Gasteiger partial charge in [-0.3, -0.25) is 4.99 Å². The molecule has 6 nitrogen and oxygen atoms in total. The van der Waals surface area contributed by atoms with Crippen molar-refractivity contribution in [3.05, 3.63) is 0 Å². The number of alkyl carbamates (subject to hydrolysis) is 1. The number of rotatable bonds is 7. The van der Waals surface area contributed by atoms with Crippen LogP contribution in [0.4, 0.5) is 4.79 Å². The minimum Gasteiger partial charge on any atom is -0.444 e. The van der Waals surface area contributed by atoms with Gasteiger partial charge in [-0.15, -0.1) is 0 Å². The molecule has 3 N–H and O–H groups in total. The van der Waals surface area contributed by atoms with Gasteiger partial charge in [-0.25, -0.2) is 4.79 Å². The van der Waals surface area contributed by atoms with E-state index in [0.29, 0.717) is 13.1 Å². The molecule has 0 heterocycles. The molecule has 0 bridgehead atoms. The van der Waals surface area contributed by atoms with Crippen molar-refractivity contribution in [2.75, 3.05) is 26.7 Å². The van der Waals surface area contributed by atoms with Crippen molar-refractivity contribution >= 4 is 12.1 Å². The molecule has 0 aromatic rings. The van der Waals surface area contributed by atoms with E-state index in [9.17, 15) is 4.79 Å². The summed E-state index contributed by atoms with van der Waals surface area (Å²) >= 11 is 0. The number of nitrogens with one attached hydrogen (secondary N) is 3. The lowest BCUT2D eigenvalue weighted by molar-refractivity contribution is 0.0529. The second-order valence-electron chi connectivity index (χ2n) is 5.56. The van der Waals surface area contributed by atoms with Crippen molar-refractivity contribution in [2.45, 2.75) is 52.6 Å². The van der Waals surface area contributed by atoms with Crippen LogP contribution in [0.1, 0.15) is 47.0 Å². The van der Waals surface area contributed by atoms with E-state index < -0.39 is 11.7 Å². The van der Waals surface area contributed by atoms with Crippen LogP contribution in [0, 0.1) is 0 Å². The molecule has 6 heteroatoms. The van der Waals surface area contributed by atoms with Crippen molar-refractivity contribution in [3.8, 4) is 0 Å². The molecular weight excluding hydrogens is 256 g/mol. The van der Waals surface area contributed by atoms with E-state index >= 15 is 0 Å². The Balaban J connectivity index is 3.68. The zero-order valence-corrected chi connectivity index (χ0v) is 13.5. The maximum absolute atomic E-state index is 11.4. The quantitative estimate of drug-likeness (QED) is 0.379. The highest BCUT2D eigenvalue weighted by Crippen LogP contribution is 2.05. The fourth-order valence-electron chi connectivity index (χ4n) is 1.46. The van der Waals surface area contributed by atoms with E-state index in [4.69, 9.17) is 4.74 Å². The van der Waals surface area contributed by atoms with Crippen LogP contribution in [0.5, 0.6) is 0 Å². The van der Waals surface area contributed by atoms with Crippen molar-refractivity contribution in [2.24, 2.45) is 4.99 Å². The highest BCUT2D eigenvalue weighted by Gasteiger charge is 2.15. The number of carbonyl (C=O) groups is 1. The maximum atomic E-state index is 11.4. The van der Waals surface area contributed by atoms with Crippen molar-refractivity contribution in [1.82, 2.24) is 16.0 Å². The molecule has 0 unspecified atom stereocenters. The lowest BCUT2D eigenvalue weighted by atomic mass is 10.2. The minimum absolute atomic E-state index is 0.398. The van der Waals surface area contributed by atoms with Gasteiger partial charge < -0.3 is 20.7 Å². The molecule has 0 atom stereocenters. The first-order chi connectivity index (χ1) is 9.39. The highest BCUT2D eigenvalue weighted by molar-refractivity contribution is 5.79. The summed E-state index contributed by atoms with van der Waals surface area (Å²) in [6.45, 7) is 9.70. The van der Waals surface area contributed by atoms with Crippen molar-refractivity contribution in [1.29, 1.82) is 0 Å². The van der Waals surface area contributed by atoms with Gasteiger partial charge in [0, 0.05) is 26.7 Å². The monoisotopic (exact) mass is 286 g/mol. The average Bonchev–Trinajstić information content (AvgIpc) is 2.34. The second kappa shape index (κ2) is 10.3. The molecule has 0 saturated heterocycles. The van der Waals surface area contributed by atoms with Crippen molar-refractivity contribution < 1.29 is 9.53 Å². The van der Waals surface area contributed by atoms with Crippen LogP contribution in [0.3, 0.4) is 0 Å². The van der Waals surface area contributed by atoms with E-state index in [1.54, 1.807) is 7.05 Å². The van der Waals surface area contributed by atoms with E-state index in [-0.39, 0.29) is 0 Å². The SMILES string of the molecule is CCCCCNC(=NC)NCCNC(=O)OC(C)(C)C. The number of guanidine groups is 1. The third-order valence-corrected chi connectivity index (χ3v) is 2.38. The van der Waals surface area contributed by atoms with E-state index in [0.717, 1.165) is 18.9 Å². The zero-order valence-electron chi connectivity index (χ0n) is 13.5. The first-order valence-electron chi connectivity index (χ1n) is 7.30. The predicted octanol–water partition coefficient (Wildman–Crippen LogP) is 1.87. The van der Waals surface area contributed by atoms with Crippen LogP contribution in [-0.2, 0) is 4.74 Å². The van der Waals surface area contributed by atoms with E-state index in [1.165, 1.54) is 12.8 Å². The van der Waals surface area contributed by atoms with Gasteiger partial charge in [0.15, 0.2) is 5.96 Å². The predicted molar refractivity (Wildman–Crippen MR) is 83.1 cm³/mol. The lowest BCUT2D eigenvalue weighted by Crippen LogP contribution is -2.42. The molecule has 0 spiro atoms. The van der Waals surface area contributed by atoms with Crippen LogP contribution in [0.15, 0.2) is 4.99 Å². The topological polar surface area (TPSA) is 74.8 Å². The van der Waals surface area contributed by atoms with Gasteiger partial charge in [0.1, 0.15) is 5.60 Å². The Morgan fingerprint density at radius 3 is 2.20 bits per heavy atom. The van der Waals surface area contributed by atoms with Gasteiger partial charge >= 0.3 is 6.09 Å². The molecular formula is C14H30N4O2. The number of hydrogen-bond acceptors (Lipinski definition) is 3. The highest BCUT2D eigenvalue weighted by atomic mass is 16.6. The summed E-state index contributed by atoms with van der Waals surface area (Å²) in [5.74, 6) is 0.757. The van der Waals surface area contributed by atoms with Gasteiger partial charge in [0.2, 0.25) is 0 Å². The van der Waals surface area contributed by atoms with Crippen LogP contribution in [0.2, 0.25) is 0 Å². The van der Waals surface area contributed by atoms with Crippen LogP contribution < -0.4 is 16.0 Å². The molecule has 0 aliphatic carbocycles. The van der Waals surface area contributed by atoms with Gasteiger partial charge in [0.05, 0.1) is 0 Å². The summed E-state index contributed by atoms with van der Waals surface area (Å²) < 4.78 is 5.14. The fourth-order valence-corrected chi connectivity index (χ4v) is 1.46. The van der Waals surface area contributed by atoms with Gasteiger partial charge in [-0.2, -0.15) is 0 Å². The lowest BCUT2D eigenvalue weighted by Gasteiger charge is -2.19. The largest absolute Gasteiger partial charge is 0.444 e. The average molecular weight is 286 g/mol. The number of hydrogen-bond donors (Lipinski definition) is 3. The molecule has 0 rings (SSSR count). The molecule has 0 saturated carbocycles. The van der Waals surface area contributed by atoms with E-state index in [2.05, 4.69) is 27.9 Å². The van der Waals surface area contributed by atoms with E-state index in [1.807, 2.05) is 20.8 Å². The Morgan fingerprint density at radius 2 is 1.65 bits per heavy atom. The number of ether oxygens (including phenoxy) is 1. The smallest absolute Gasteiger partial charge is 0.407 e. The van der Waals surface area contributed by atoms with Crippen molar-refractivity contribution in [3.63, 3.8) is 0 Å². The molecule has 20 heavy (non-hydrogen) atoms. The number of nitrogens with zero attached hydrogens (tertiary/aromatic N) is 1. The van der Waals surface area contributed by atoms with Crippen LogP contribution in [0.25, 0.3) is 0 Å². The molecule has 0 aliphatic rings. The van der Waals surface area contributed by atoms with Gasteiger partial charge in [-0.05, 0) is 27.2 Å². The summed E-state index contributed by atoms with van der Waals surface area (Å²) in [4.78, 5) is 15.5.